The predicted octanol–water partition coefficient (Wildman–Crippen LogP) is 3.10. The molecule has 2 saturated heterocycles. The molecule has 112 valence electrons. The van der Waals surface area contributed by atoms with E-state index < -0.39 is 5.72 Å². The molecule has 2 heterocycles. The summed E-state index contributed by atoms with van der Waals surface area (Å²) in [7, 11) is 0. The Balaban J connectivity index is 1.79. The van der Waals surface area contributed by atoms with Gasteiger partial charge in [-0.3, -0.25) is 4.79 Å². The first-order valence-corrected chi connectivity index (χ1v) is 8.22. The summed E-state index contributed by atoms with van der Waals surface area (Å²) in [5.41, 5.74) is 0.273. The Morgan fingerprint density at radius 3 is 2.71 bits per heavy atom. The van der Waals surface area contributed by atoms with Gasteiger partial charge >= 0.3 is 0 Å². The van der Waals surface area contributed by atoms with Gasteiger partial charge in [-0.1, -0.05) is 37.3 Å². The van der Waals surface area contributed by atoms with E-state index in [9.17, 15) is 9.90 Å². The van der Waals surface area contributed by atoms with Crippen LogP contribution in [0.1, 0.15) is 50.6 Å². The van der Waals surface area contributed by atoms with Crippen LogP contribution in [0.2, 0.25) is 0 Å². The maximum absolute atomic E-state index is 12.6. The fourth-order valence-electron chi connectivity index (χ4n) is 5.12. The topological polar surface area (TPSA) is 40.5 Å². The summed E-state index contributed by atoms with van der Waals surface area (Å²) < 4.78 is 0. The maximum Gasteiger partial charge on any atom is 0.225 e. The fraction of sp³-hybridized carbons (Fsp3) is 0.611. The fourth-order valence-corrected chi connectivity index (χ4v) is 5.12. The lowest BCUT2D eigenvalue weighted by Gasteiger charge is -2.53. The van der Waals surface area contributed by atoms with Crippen LogP contribution < -0.4 is 0 Å². The normalized spacial score (nSPS) is 42.0. The number of nitrogens with zero attached hydrogens (tertiary/aromatic N) is 1. The highest BCUT2D eigenvalue weighted by molar-refractivity contribution is 5.79. The van der Waals surface area contributed by atoms with Gasteiger partial charge in [-0.05, 0) is 37.2 Å². The predicted molar refractivity (Wildman–Crippen MR) is 80.2 cm³/mol. The van der Waals surface area contributed by atoms with Gasteiger partial charge in [0.05, 0.1) is 6.04 Å². The molecule has 3 heteroatoms. The van der Waals surface area contributed by atoms with Crippen LogP contribution in [-0.2, 0) is 4.79 Å². The number of hydrogen-bond acceptors (Lipinski definition) is 2. The summed E-state index contributed by atoms with van der Waals surface area (Å²) in [6.07, 6.45) is 4.58. The minimum Gasteiger partial charge on any atom is -0.370 e. The Morgan fingerprint density at radius 1 is 1.19 bits per heavy atom. The van der Waals surface area contributed by atoms with Crippen LogP contribution >= 0.6 is 0 Å². The van der Waals surface area contributed by atoms with Gasteiger partial charge < -0.3 is 10.0 Å². The lowest BCUT2D eigenvalue weighted by atomic mass is 9.66. The number of hydrogen-bond donors (Lipinski definition) is 1. The molecule has 0 bridgehead atoms. The Kier molecular flexibility index (Phi) is 2.90. The molecule has 1 N–H and O–H groups in total. The molecular formula is C18H23NO2. The van der Waals surface area contributed by atoms with Crippen LogP contribution in [-0.4, -0.2) is 21.6 Å². The van der Waals surface area contributed by atoms with Crippen molar-refractivity contribution in [3.63, 3.8) is 0 Å². The molecule has 1 aliphatic carbocycles. The van der Waals surface area contributed by atoms with Crippen molar-refractivity contribution in [1.29, 1.82) is 0 Å². The van der Waals surface area contributed by atoms with Gasteiger partial charge in [-0.15, -0.1) is 0 Å². The molecule has 1 aromatic rings. The Hall–Kier alpha value is -1.35. The third-order valence-electron chi connectivity index (χ3n) is 6.13. The van der Waals surface area contributed by atoms with Crippen molar-refractivity contribution < 1.29 is 9.90 Å². The Labute approximate surface area is 126 Å². The average molecular weight is 285 g/mol. The maximum atomic E-state index is 12.6. The zero-order valence-corrected chi connectivity index (χ0v) is 12.5. The van der Waals surface area contributed by atoms with Gasteiger partial charge in [0, 0.05) is 18.3 Å². The summed E-state index contributed by atoms with van der Waals surface area (Å²) in [4.78, 5) is 14.4. The van der Waals surface area contributed by atoms with E-state index in [1.54, 1.807) is 0 Å². The minimum absolute atomic E-state index is 0.0572. The highest BCUT2D eigenvalue weighted by atomic mass is 16.3. The van der Waals surface area contributed by atoms with E-state index >= 15 is 0 Å². The van der Waals surface area contributed by atoms with Gasteiger partial charge in [0.25, 0.3) is 0 Å². The second kappa shape index (κ2) is 4.57. The van der Waals surface area contributed by atoms with Crippen molar-refractivity contribution in [2.75, 3.05) is 0 Å². The Bertz CT molecular complexity index is 558. The number of aliphatic hydroxyl groups is 1. The third-order valence-corrected chi connectivity index (χ3v) is 6.13. The van der Waals surface area contributed by atoms with Gasteiger partial charge in [-0.2, -0.15) is 0 Å². The molecule has 0 spiro atoms. The van der Waals surface area contributed by atoms with E-state index in [1.165, 1.54) is 12.0 Å². The largest absolute Gasteiger partial charge is 0.370 e. The monoisotopic (exact) mass is 285 g/mol. The number of amides is 1. The number of carbonyl (C=O) groups is 1. The molecule has 3 fully saturated rings. The molecule has 1 amide bonds. The second-order valence-electron chi connectivity index (χ2n) is 7.11. The van der Waals surface area contributed by atoms with Crippen molar-refractivity contribution in [3.05, 3.63) is 35.9 Å². The van der Waals surface area contributed by atoms with Crippen LogP contribution in [0.3, 0.4) is 0 Å². The van der Waals surface area contributed by atoms with Gasteiger partial charge in [0.1, 0.15) is 5.72 Å². The summed E-state index contributed by atoms with van der Waals surface area (Å²) in [6.45, 7) is 2.24. The molecule has 3 aliphatic rings. The number of carbonyl (C=O) groups excluding carboxylic acids is 1. The molecule has 1 aromatic carbocycles. The van der Waals surface area contributed by atoms with E-state index in [0.29, 0.717) is 12.3 Å². The first-order chi connectivity index (χ1) is 10.1. The van der Waals surface area contributed by atoms with Crippen molar-refractivity contribution in [1.82, 2.24) is 4.90 Å². The zero-order chi connectivity index (χ0) is 14.6. The highest BCUT2D eigenvalue weighted by Gasteiger charge is 2.62. The lowest BCUT2D eigenvalue weighted by Crippen LogP contribution is -2.62. The van der Waals surface area contributed by atoms with E-state index in [-0.39, 0.29) is 23.8 Å². The molecule has 0 radical (unpaired) electrons. The Morgan fingerprint density at radius 2 is 1.95 bits per heavy atom. The van der Waals surface area contributed by atoms with Gasteiger partial charge in [-0.25, -0.2) is 0 Å². The van der Waals surface area contributed by atoms with Crippen molar-refractivity contribution >= 4 is 5.91 Å². The molecule has 0 aromatic heterocycles. The zero-order valence-electron chi connectivity index (χ0n) is 12.5. The molecule has 1 saturated carbocycles. The van der Waals surface area contributed by atoms with Crippen molar-refractivity contribution in [2.24, 2.45) is 17.8 Å². The van der Waals surface area contributed by atoms with Gasteiger partial charge in [0.2, 0.25) is 5.91 Å². The summed E-state index contributed by atoms with van der Waals surface area (Å²) >= 11 is 0. The van der Waals surface area contributed by atoms with Crippen LogP contribution in [0.15, 0.2) is 30.3 Å². The molecule has 2 aliphatic heterocycles. The molecule has 4 rings (SSSR count). The first kappa shape index (κ1) is 13.3. The van der Waals surface area contributed by atoms with E-state index in [0.717, 1.165) is 19.3 Å². The summed E-state index contributed by atoms with van der Waals surface area (Å²) in [5.74, 6) is 1.14. The van der Waals surface area contributed by atoms with Crippen molar-refractivity contribution in [3.8, 4) is 0 Å². The van der Waals surface area contributed by atoms with Gasteiger partial charge in [0.15, 0.2) is 0 Å². The molecule has 2 unspecified atom stereocenters. The van der Waals surface area contributed by atoms with Crippen LogP contribution in [0, 0.1) is 17.8 Å². The molecule has 3 nitrogen and oxygen atoms in total. The second-order valence-corrected chi connectivity index (χ2v) is 7.11. The van der Waals surface area contributed by atoms with Crippen LogP contribution in [0.4, 0.5) is 0 Å². The molecule has 5 atom stereocenters. The molecule has 21 heavy (non-hydrogen) atoms. The standard InChI is InChI=1S/C18H23NO2/c1-12-7-8-14-11-16(13-5-3-2-4-6-13)19-17(20)10-9-15(12)18(14,19)21/h2-6,12,14-16,21H,7-11H2,1H3/t12?,14?,15-,16-,18-/m0/s1. The number of benzene rings is 1. The highest BCUT2D eigenvalue weighted by Crippen LogP contribution is 2.58. The first-order valence-electron chi connectivity index (χ1n) is 8.22. The molecular weight excluding hydrogens is 262 g/mol. The SMILES string of the molecule is CC1CCC2C[C@@H](c3ccccc3)N3C(=O)CC[C@@H]1[C@@]23O. The van der Waals surface area contributed by atoms with Crippen LogP contribution in [0.5, 0.6) is 0 Å². The quantitative estimate of drug-likeness (QED) is 0.861. The van der Waals surface area contributed by atoms with E-state index in [2.05, 4.69) is 19.1 Å². The van der Waals surface area contributed by atoms with Crippen molar-refractivity contribution in [2.45, 2.75) is 50.8 Å². The lowest BCUT2D eigenvalue weighted by molar-refractivity contribution is -0.212. The minimum atomic E-state index is -0.895. The average Bonchev–Trinajstić information content (AvgIpc) is 2.80. The smallest absolute Gasteiger partial charge is 0.225 e. The van der Waals surface area contributed by atoms with E-state index in [4.69, 9.17) is 0 Å². The summed E-state index contributed by atoms with van der Waals surface area (Å²) in [6, 6.07) is 10.3. The van der Waals surface area contributed by atoms with Crippen LogP contribution in [0.25, 0.3) is 0 Å². The number of rotatable bonds is 1. The summed E-state index contributed by atoms with van der Waals surface area (Å²) in [5, 5.41) is 11.5. The van der Waals surface area contributed by atoms with E-state index in [1.807, 2.05) is 23.1 Å². The third kappa shape index (κ3) is 1.73. The number of piperidine rings is 1.